The second kappa shape index (κ2) is 19.7. The van der Waals surface area contributed by atoms with E-state index in [4.69, 9.17) is 0 Å². The molecule has 0 saturated carbocycles. The fraction of sp³-hybridized carbons (Fsp3) is 0.174. The monoisotopic (exact) mass is 800 g/mol. The summed E-state index contributed by atoms with van der Waals surface area (Å²) in [6.07, 6.45) is 0. The van der Waals surface area contributed by atoms with Crippen molar-refractivity contribution in [3.05, 3.63) is 179 Å². The fourth-order valence-electron chi connectivity index (χ4n) is 5.82. The van der Waals surface area contributed by atoms with Crippen molar-refractivity contribution >= 4 is 56.2 Å². The number of carbonyl (C=O) groups is 2. The van der Waals surface area contributed by atoms with Crippen molar-refractivity contribution < 1.29 is 27.6 Å². The molecule has 6 aromatic rings. The predicted molar refractivity (Wildman–Crippen MR) is 220 cm³/mol. The molecule has 0 spiro atoms. The summed E-state index contributed by atoms with van der Waals surface area (Å²) in [6, 6.07) is 52.8. The quantitative estimate of drug-likeness (QED) is 0.114. The van der Waals surface area contributed by atoms with Gasteiger partial charge in [0.2, 0.25) is 0 Å². The molecule has 0 saturated heterocycles. The van der Waals surface area contributed by atoms with Gasteiger partial charge in [-0.05, 0) is 123 Å². The molecule has 0 aliphatic rings. The van der Waals surface area contributed by atoms with Gasteiger partial charge in [-0.15, -0.1) is 0 Å². The van der Waals surface area contributed by atoms with Crippen LogP contribution in [0.4, 0.5) is 0 Å². The van der Waals surface area contributed by atoms with E-state index in [9.17, 15) is 9.59 Å². The number of aryl methyl sites for hydroxylation is 6. The van der Waals surface area contributed by atoms with E-state index in [1.807, 2.05) is 0 Å². The zero-order valence-corrected chi connectivity index (χ0v) is 34.2. The van der Waals surface area contributed by atoms with Crippen molar-refractivity contribution in [2.45, 2.75) is 55.4 Å². The molecule has 0 aliphatic carbocycles. The minimum atomic E-state index is -0.508. The van der Waals surface area contributed by atoms with Gasteiger partial charge in [0, 0.05) is 0 Å². The van der Waals surface area contributed by atoms with Gasteiger partial charge in [-0.2, -0.15) is 0 Å². The molecule has 0 unspecified atom stereocenters. The molecular weight excluding hydrogens is 753 g/mol. The third-order valence-electron chi connectivity index (χ3n) is 8.36. The van der Waals surface area contributed by atoms with Crippen LogP contribution < -0.4 is 31.8 Å². The third kappa shape index (κ3) is 11.1. The first-order chi connectivity index (χ1) is 24.5. The normalized spacial score (nSPS) is 10.6. The minimum Gasteiger partial charge on any atom is -0.0620 e. The van der Waals surface area contributed by atoms with Crippen LogP contribution in [0.15, 0.2) is 146 Å². The first-order valence-corrected chi connectivity index (χ1v) is 21.3. The van der Waals surface area contributed by atoms with Crippen LogP contribution in [0.25, 0.3) is 0 Å². The zero-order chi connectivity index (χ0) is 36.9. The Bertz CT molecular complexity index is 1720. The van der Waals surface area contributed by atoms with Crippen LogP contribution in [0.3, 0.4) is 0 Å². The number of carbonyl (C=O) groups excluding carboxylic acids is 2. The summed E-state index contributed by atoms with van der Waals surface area (Å²) in [5, 5.41) is 8.76. The predicted octanol–water partition coefficient (Wildman–Crippen LogP) is 8.90. The zero-order valence-electron chi connectivity index (χ0n) is 30.9. The molecule has 264 valence electrons. The van der Waals surface area contributed by atoms with Crippen molar-refractivity contribution in [1.82, 2.24) is 0 Å². The molecule has 0 heterocycles. The summed E-state index contributed by atoms with van der Waals surface area (Å²) >= 11 is -0.306. The van der Waals surface area contributed by atoms with Gasteiger partial charge >= 0.3 is 49.9 Å². The second-order valence-corrected chi connectivity index (χ2v) is 19.1. The molecule has 2 nitrogen and oxygen atoms in total. The van der Waals surface area contributed by atoms with Crippen LogP contribution in [-0.4, -0.2) is 8.51 Å². The Morgan fingerprint density at radius 1 is 0.333 bits per heavy atom. The molecule has 0 fully saturated rings. The van der Waals surface area contributed by atoms with E-state index < -0.39 is 15.8 Å². The molecule has 5 heteroatoms. The van der Waals surface area contributed by atoms with Gasteiger partial charge < -0.3 is 0 Å². The van der Waals surface area contributed by atoms with Gasteiger partial charge in [0.25, 0.3) is 0 Å². The van der Waals surface area contributed by atoms with E-state index >= 15 is 0 Å². The summed E-state index contributed by atoms with van der Waals surface area (Å²) in [4.78, 5) is 20.1. The fourth-order valence-corrected chi connectivity index (χ4v) is 12.1. The van der Waals surface area contributed by atoms with Gasteiger partial charge in [0.1, 0.15) is 0 Å². The SMILES string of the molecule is C[C](=O)[Pd][C](C)=O.Cc1ccccc1P(c1ccccc1C)c1ccccc1C.Cc1ccccc1P(c1ccccc1C)c1ccccc1C. The van der Waals surface area contributed by atoms with Gasteiger partial charge in [-0.25, -0.2) is 0 Å². The second-order valence-electron chi connectivity index (χ2n) is 12.3. The molecule has 6 rings (SSSR count). The van der Waals surface area contributed by atoms with E-state index in [1.165, 1.54) is 79.1 Å². The van der Waals surface area contributed by atoms with Crippen molar-refractivity contribution in [2.75, 3.05) is 0 Å². The standard InChI is InChI=1S/2C21H21P.2C2H3O.Pd/c2*1-16-10-4-7-13-19(16)22(20-14-8-5-11-17(20)2)21-15-9-6-12-18(21)3;2*1-2-3;/h2*4-15H,1-3H3;2*1H3;. The summed E-state index contributed by atoms with van der Waals surface area (Å²) in [7, 11) is -1.02. The van der Waals surface area contributed by atoms with Crippen molar-refractivity contribution in [2.24, 2.45) is 0 Å². The molecule has 6 aromatic carbocycles. The Kier molecular flexibility index (Phi) is 15.4. The van der Waals surface area contributed by atoms with E-state index in [0.29, 0.717) is 0 Å². The van der Waals surface area contributed by atoms with Crippen molar-refractivity contribution in [3.63, 3.8) is 0 Å². The molecule has 0 atom stereocenters. The Morgan fingerprint density at radius 2 is 0.490 bits per heavy atom. The molecule has 51 heavy (non-hydrogen) atoms. The van der Waals surface area contributed by atoms with Crippen LogP contribution in [-0.2, 0) is 27.6 Å². The summed E-state index contributed by atoms with van der Waals surface area (Å²) in [5.41, 5.74) is 8.25. The van der Waals surface area contributed by atoms with Gasteiger partial charge in [-0.1, -0.05) is 146 Å². The molecule has 0 aromatic heterocycles. The van der Waals surface area contributed by atoms with Crippen LogP contribution in [0.2, 0.25) is 0 Å². The number of hydrogen-bond acceptors (Lipinski definition) is 2. The largest absolute Gasteiger partial charge is 0.0620 e. The van der Waals surface area contributed by atoms with Crippen LogP contribution >= 0.6 is 15.8 Å². The summed E-state index contributed by atoms with van der Waals surface area (Å²) < 4.78 is -0.0250. The third-order valence-corrected chi connectivity index (χ3v) is 15.4. The number of benzene rings is 6. The van der Waals surface area contributed by atoms with Gasteiger partial charge in [-0.3, -0.25) is 0 Å². The topological polar surface area (TPSA) is 34.1 Å². The maximum Gasteiger partial charge on any atom is -0.0122 e. The van der Waals surface area contributed by atoms with E-state index in [-0.39, 0.29) is 26.5 Å². The molecule has 0 bridgehead atoms. The molecule has 0 aliphatic heterocycles. The molecule has 0 radical (unpaired) electrons. The average Bonchev–Trinajstić information content (AvgIpc) is 3.10. The molecular formula is C46H48O2P2Pd. The number of hydrogen-bond donors (Lipinski definition) is 0. The smallest absolute Gasteiger partial charge is 0.0122 e. The van der Waals surface area contributed by atoms with Crippen molar-refractivity contribution in [3.8, 4) is 0 Å². The van der Waals surface area contributed by atoms with E-state index in [0.717, 1.165) is 0 Å². The first-order valence-electron chi connectivity index (χ1n) is 17.0. The molecule has 0 amide bonds. The minimum absolute atomic E-state index is 0.0125. The van der Waals surface area contributed by atoms with E-state index in [1.54, 1.807) is 0 Å². The molecule has 0 N–H and O–H groups in total. The Balaban J connectivity index is 0.000000193. The summed E-state index contributed by atoms with van der Waals surface area (Å²) in [6.45, 7) is 16.2. The van der Waals surface area contributed by atoms with Crippen LogP contribution in [0.1, 0.15) is 47.2 Å². The average molecular weight is 801 g/mol. The summed E-state index contributed by atoms with van der Waals surface area (Å²) in [5.74, 6) is 0. The van der Waals surface area contributed by atoms with Gasteiger partial charge in [0.05, 0.1) is 0 Å². The van der Waals surface area contributed by atoms with E-state index in [2.05, 4.69) is 187 Å². The van der Waals surface area contributed by atoms with Crippen molar-refractivity contribution in [1.29, 1.82) is 0 Å². The maximum absolute atomic E-state index is 10.1. The Labute approximate surface area is 316 Å². The van der Waals surface area contributed by atoms with Crippen LogP contribution in [0.5, 0.6) is 0 Å². The number of rotatable bonds is 8. The maximum atomic E-state index is 10.1. The first kappa shape index (κ1) is 40.0. The van der Waals surface area contributed by atoms with Crippen LogP contribution in [0, 0.1) is 41.5 Å². The van der Waals surface area contributed by atoms with Gasteiger partial charge in [0.15, 0.2) is 0 Å². The Morgan fingerprint density at radius 3 is 0.608 bits per heavy atom. The Hall–Kier alpha value is -3.82.